The number of aliphatic carboxylic acids is 1. The summed E-state index contributed by atoms with van der Waals surface area (Å²) in [6.45, 7) is 3.72. The van der Waals surface area contributed by atoms with Crippen LogP contribution in [0.25, 0.3) is 10.9 Å². The van der Waals surface area contributed by atoms with Gasteiger partial charge in [0.1, 0.15) is 5.75 Å². The van der Waals surface area contributed by atoms with Crippen molar-refractivity contribution in [1.29, 1.82) is 0 Å². The molecule has 6 nitrogen and oxygen atoms in total. The van der Waals surface area contributed by atoms with Gasteiger partial charge in [0.2, 0.25) is 5.91 Å². The number of carboxylic acids is 1. The first kappa shape index (κ1) is 19.5. The molecule has 1 atom stereocenters. The Hall–Kier alpha value is -3.28. The van der Waals surface area contributed by atoms with Crippen LogP contribution in [0.4, 0.5) is 0 Å². The molecule has 146 valence electrons. The van der Waals surface area contributed by atoms with E-state index in [0.29, 0.717) is 11.3 Å². The lowest BCUT2D eigenvalue weighted by molar-refractivity contribution is -0.139. The van der Waals surface area contributed by atoms with Gasteiger partial charge in [-0.2, -0.15) is 0 Å². The molecule has 3 rings (SSSR count). The molecule has 0 radical (unpaired) electrons. The number of hydrogen-bond donors (Lipinski definition) is 3. The summed E-state index contributed by atoms with van der Waals surface area (Å²) >= 11 is 0. The van der Waals surface area contributed by atoms with Crippen molar-refractivity contribution in [2.45, 2.75) is 32.2 Å². The monoisotopic (exact) mass is 380 g/mol. The fraction of sp³-hybridized carbons (Fsp3) is 0.273. The minimum Gasteiger partial charge on any atom is -0.497 e. The Morgan fingerprint density at radius 3 is 2.68 bits per heavy atom. The molecule has 0 spiro atoms. The number of fused-ring (bicyclic) bond motifs is 1. The summed E-state index contributed by atoms with van der Waals surface area (Å²) in [6.07, 6.45) is 1.75. The van der Waals surface area contributed by atoms with Crippen molar-refractivity contribution in [3.63, 3.8) is 0 Å². The number of amides is 1. The first-order chi connectivity index (χ1) is 13.3. The number of benzene rings is 2. The first-order valence-corrected chi connectivity index (χ1v) is 9.05. The number of ether oxygens (including phenoxy) is 1. The standard InChI is InChI=1S/C22H24N2O4/c1-14-6-4-9-18-15(13-23-21(14)18)10-19(25)24-22(2,12-20(26)27)16-7-5-8-17(11-16)28-3/h4-9,11,13,23H,10,12H2,1-3H3,(H,24,25)(H,26,27). The van der Waals surface area contributed by atoms with E-state index in [4.69, 9.17) is 4.74 Å². The fourth-order valence-electron chi connectivity index (χ4n) is 3.52. The van der Waals surface area contributed by atoms with Crippen molar-refractivity contribution in [3.05, 3.63) is 65.4 Å². The van der Waals surface area contributed by atoms with Gasteiger partial charge in [-0.15, -0.1) is 0 Å². The van der Waals surface area contributed by atoms with Gasteiger partial charge in [0.25, 0.3) is 0 Å². The van der Waals surface area contributed by atoms with E-state index in [2.05, 4.69) is 10.3 Å². The Bertz CT molecular complexity index is 1020. The van der Waals surface area contributed by atoms with Crippen molar-refractivity contribution in [1.82, 2.24) is 10.3 Å². The molecule has 1 heterocycles. The van der Waals surface area contributed by atoms with Gasteiger partial charge in [-0.25, -0.2) is 0 Å². The van der Waals surface area contributed by atoms with Gasteiger partial charge >= 0.3 is 5.97 Å². The zero-order chi connectivity index (χ0) is 20.3. The summed E-state index contributed by atoms with van der Waals surface area (Å²) in [4.78, 5) is 27.5. The van der Waals surface area contributed by atoms with Crippen molar-refractivity contribution >= 4 is 22.8 Å². The fourth-order valence-corrected chi connectivity index (χ4v) is 3.52. The van der Waals surface area contributed by atoms with E-state index in [9.17, 15) is 14.7 Å². The lowest BCUT2D eigenvalue weighted by Crippen LogP contribution is -2.45. The highest BCUT2D eigenvalue weighted by atomic mass is 16.5. The third-order valence-electron chi connectivity index (χ3n) is 4.99. The van der Waals surface area contributed by atoms with Gasteiger partial charge in [0, 0.05) is 17.1 Å². The van der Waals surface area contributed by atoms with Crippen LogP contribution in [-0.4, -0.2) is 29.1 Å². The predicted molar refractivity (Wildman–Crippen MR) is 107 cm³/mol. The maximum absolute atomic E-state index is 12.8. The topological polar surface area (TPSA) is 91.4 Å². The Labute approximate surface area is 163 Å². The smallest absolute Gasteiger partial charge is 0.306 e. The number of para-hydroxylation sites is 1. The van der Waals surface area contributed by atoms with Gasteiger partial charge in [0.15, 0.2) is 0 Å². The zero-order valence-electron chi connectivity index (χ0n) is 16.2. The van der Waals surface area contributed by atoms with Crippen LogP contribution in [0.3, 0.4) is 0 Å². The summed E-state index contributed by atoms with van der Waals surface area (Å²) in [5.41, 5.74) is 2.61. The molecule has 0 saturated heterocycles. The van der Waals surface area contributed by atoms with E-state index in [1.807, 2.05) is 31.3 Å². The molecule has 1 unspecified atom stereocenters. The molecule has 0 bridgehead atoms. The number of aryl methyl sites for hydroxylation is 1. The van der Waals surface area contributed by atoms with E-state index >= 15 is 0 Å². The molecule has 6 heteroatoms. The van der Waals surface area contributed by atoms with Crippen molar-refractivity contribution < 1.29 is 19.4 Å². The maximum Gasteiger partial charge on any atom is 0.306 e. The number of rotatable bonds is 7. The number of carboxylic acid groups (broad SMARTS) is 1. The minimum absolute atomic E-state index is 0.155. The summed E-state index contributed by atoms with van der Waals surface area (Å²) in [5.74, 6) is -0.627. The van der Waals surface area contributed by atoms with Crippen LogP contribution < -0.4 is 10.1 Å². The number of hydrogen-bond acceptors (Lipinski definition) is 3. The Kier molecular flexibility index (Phi) is 5.40. The van der Waals surface area contributed by atoms with E-state index in [-0.39, 0.29) is 18.7 Å². The molecule has 1 aromatic heterocycles. The van der Waals surface area contributed by atoms with E-state index < -0.39 is 11.5 Å². The number of aromatic nitrogens is 1. The summed E-state index contributed by atoms with van der Waals surface area (Å²) in [5, 5.41) is 13.3. The number of nitrogens with one attached hydrogen (secondary N) is 2. The quantitative estimate of drug-likeness (QED) is 0.585. The first-order valence-electron chi connectivity index (χ1n) is 9.05. The molecule has 0 saturated carbocycles. The van der Waals surface area contributed by atoms with E-state index in [1.165, 1.54) is 0 Å². The van der Waals surface area contributed by atoms with Gasteiger partial charge in [0.05, 0.1) is 25.5 Å². The predicted octanol–water partition coefficient (Wildman–Crippen LogP) is 3.53. The summed E-state index contributed by atoms with van der Waals surface area (Å²) in [7, 11) is 1.55. The molecule has 1 amide bonds. The lowest BCUT2D eigenvalue weighted by atomic mass is 9.88. The number of aromatic amines is 1. The zero-order valence-corrected chi connectivity index (χ0v) is 16.2. The van der Waals surface area contributed by atoms with Crippen molar-refractivity contribution in [2.75, 3.05) is 7.11 Å². The average molecular weight is 380 g/mol. The normalized spacial score (nSPS) is 13.1. The van der Waals surface area contributed by atoms with Crippen LogP contribution >= 0.6 is 0 Å². The molecular formula is C22H24N2O4. The third-order valence-corrected chi connectivity index (χ3v) is 4.99. The number of carbonyl (C=O) groups is 2. The second kappa shape index (κ2) is 7.76. The van der Waals surface area contributed by atoms with Gasteiger partial charge < -0.3 is 20.1 Å². The molecule has 3 N–H and O–H groups in total. The molecule has 0 aliphatic rings. The van der Waals surface area contributed by atoms with Crippen LogP contribution in [0.2, 0.25) is 0 Å². The highest BCUT2D eigenvalue weighted by Crippen LogP contribution is 2.28. The van der Waals surface area contributed by atoms with Gasteiger partial charge in [-0.1, -0.05) is 30.3 Å². The SMILES string of the molecule is COc1cccc(C(C)(CC(=O)O)NC(=O)Cc2c[nH]c3c(C)cccc23)c1. The Balaban J connectivity index is 1.86. The van der Waals surface area contributed by atoms with Crippen LogP contribution in [0.1, 0.15) is 30.0 Å². The second-order valence-electron chi connectivity index (χ2n) is 7.17. The molecule has 3 aromatic rings. The van der Waals surface area contributed by atoms with E-state index in [1.54, 1.807) is 38.3 Å². The van der Waals surface area contributed by atoms with E-state index in [0.717, 1.165) is 22.0 Å². The van der Waals surface area contributed by atoms with Crippen molar-refractivity contribution in [3.8, 4) is 5.75 Å². The third kappa shape index (κ3) is 4.01. The number of H-pyrrole nitrogens is 1. The lowest BCUT2D eigenvalue weighted by Gasteiger charge is -2.30. The molecule has 2 aromatic carbocycles. The largest absolute Gasteiger partial charge is 0.497 e. The molecule has 0 fully saturated rings. The van der Waals surface area contributed by atoms with Crippen LogP contribution in [-0.2, 0) is 21.5 Å². The average Bonchev–Trinajstić information content (AvgIpc) is 3.05. The Morgan fingerprint density at radius 2 is 1.96 bits per heavy atom. The molecule has 28 heavy (non-hydrogen) atoms. The van der Waals surface area contributed by atoms with Gasteiger partial charge in [-0.3, -0.25) is 9.59 Å². The van der Waals surface area contributed by atoms with Crippen LogP contribution in [0, 0.1) is 6.92 Å². The number of carbonyl (C=O) groups excluding carboxylic acids is 1. The van der Waals surface area contributed by atoms with Crippen LogP contribution in [0.15, 0.2) is 48.7 Å². The highest BCUT2D eigenvalue weighted by molar-refractivity contribution is 5.90. The molecule has 0 aliphatic heterocycles. The van der Waals surface area contributed by atoms with Crippen molar-refractivity contribution in [2.24, 2.45) is 0 Å². The molecular weight excluding hydrogens is 356 g/mol. The summed E-state index contributed by atoms with van der Waals surface area (Å²) < 4.78 is 5.24. The van der Waals surface area contributed by atoms with Gasteiger partial charge in [-0.05, 0) is 42.7 Å². The van der Waals surface area contributed by atoms with Crippen LogP contribution in [0.5, 0.6) is 5.75 Å². The number of methoxy groups -OCH3 is 1. The molecule has 0 aliphatic carbocycles. The minimum atomic E-state index is -1.06. The maximum atomic E-state index is 12.8. The second-order valence-corrected chi connectivity index (χ2v) is 7.17. The Morgan fingerprint density at radius 1 is 1.21 bits per heavy atom. The highest BCUT2D eigenvalue weighted by Gasteiger charge is 2.32. The summed E-state index contributed by atoms with van der Waals surface area (Å²) in [6, 6.07) is 13.0.